The van der Waals surface area contributed by atoms with Gasteiger partial charge in [0.2, 0.25) is 6.41 Å². The SMILES string of the molecule is NCCc1nc(C(=O)N2CCN(C=O)CC2)co1. The molecular weight excluding hydrogens is 236 g/mol. The van der Waals surface area contributed by atoms with Crippen LogP contribution in [-0.2, 0) is 11.2 Å². The third-order valence-electron chi connectivity index (χ3n) is 2.88. The second-order valence-electron chi connectivity index (χ2n) is 4.10. The van der Waals surface area contributed by atoms with Crippen LogP contribution in [0.3, 0.4) is 0 Å². The van der Waals surface area contributed by atoms with Crippen molar-refractivity contribution in [1.29, 1.82) is 0 Å². The minimum atomic E-state index is -0.160. The van der Waals surface area contributed by atoms with Gasteiger partial charge in [0, 0.05) is 39.1 Å². The molecule has 0 aromatic carbocycles. The van der Waals surface area contributed by atoms with Gasteiger partial charge in [-0.3, -0.25) is 9.59 Å². The summed E-state index contributed by atoms with van der Waals surface area (Å²) < 4.78 is 5.15. The quantitative estimate of drug-likeness (QED) is 0.700. The highest BCUT2D eigenvalue weighted by atomic mass is 16.3. The number of nitrogens with two attached hydrogens (primary N) is 1. The number of hydrogen-bond donors (Lipinski definition) is 1. The van der Waals surface area contributed by atoms with Gasteiger partial charge in [0.05, 0.1) is 0 Å². The highest BCUT2D eigenvalue weighted by Crippen LogP contribution is 2.08. The fourth-order valence-electron chi connectivity index (χ4n) is 1.84. The van der Waals surface area contributed by atoms with Crippen molar-refractivity contribution in [2.75, 3.05) is 32.7 Å². The number of rotatable bonds is 4. The van der Waals surface area contributed by atoms with Crippen LogP contribution in [0.25, 0.3) is 0 Å². The summed E-state index contributed by atoms with van der Waals surface area (Å²) in [7, 11) is 0. The Bertz CT molecular complexity index is 424. The van der Waals surface area contributed by atoms with E-state index in [1.54, 1.807) is 9.80 Å². The number of oxazole rings is 1. The van der Waals surface area contributed by atoms with E-state index in [0.717, 1.165) is 6.41 Å². The molecule has 7 heteroatoms. The van der Waals surface area contributed by atoms with Gasteiger partial charge in [-0.2, -0.15) is 0 Å². The third kappa shape index (κ3) is 2.67. The topological polar surface area (TPSA) is 92.7 Å². The molecule has 0 aliphatic carbocycles. The average molecular weight is 252 g/mol. The molecule has 98 valence electrons. The first kappa shape index (κ1) is 12.6. The van der Waals surface area contributed by atoms with Crippen LogP contribution in [0.15, 0.2) is 10.7 Å². The summed E-state index contributed by atoms with van der Waals surface area (Å²) in [6.45, 7) is 2.60. The summed E-state index contributed by atoms with van der Waals surface area (Å²) in [6, 6.07) is 0. The second-order valence-corrected chi connectivity index (χ2v) is 4.10. The summed E-state index contributed by atoms with van der Waals surface area (Å²) in [6.07, 6.45) is 2.68. The van der Waals surface area contributed by atoms with Crippen molar-refractivity contribution in [2.45, 2.75) is 6.42 Å². The van der Waals surface area contributed by atoms with E-state index in [9.17, 15) is 9.59 Å². The van der Waals surface area contributed by atoms with Gasteiger partial charge in [-0.15, -0.1) is 0 Å². The molecule has 0 unspecified atom stereocenters. The van der Waals surface area contributed by atoms with Gasteiger partial charge in [-0.05, 0) is 0 Å². The normalized spacial score (nSPS) is 15.8. The van der Waals surface area contributed by atoms with Gasteiger partial charge < -0.3 is 20.0 Å². The molecular formula is C11H16N4O3. The minimum Gasteiger partial charge on any atom is -0.448 e. The molecule has 2 N–H and O–H groups in total. The summed E-state index contributed by atoms with van der Waals surface area (Å²) >= 11 is 0. The maximum atomic E-state index is 12.1. The summed E-state index contributed by atoms with van der Waals surface area (Å²) in [5.74, 6) is 0.319. The zero-order chi connectivity index (χ0) is 13.0. The molecule has 1 aromatic rings. The van der Waals surface area contributed by atoms with Crippen LogP contribution in [0.2, 0.25) is 0 Å². The molecule has 2 heterocycles. The number of amides is 2. The molecule has 2 amide bonds. The fourth-order valence-corrected chi connectivity index (χ4v) is 1.84. The smallest absolute Gasteiger partial charge is 0.275 e. The second kappa shape index (κ2) is 5.63. The molecule has 0 saturated carbocycles. The fraction of sp³-hybridized carbons (Fsp3) is 0.545. The zero-order valence-electron chi connectivity index (χ0n) is 10.0. The number of aromatic nitrogens is 1. The number of nitrogens with zero attached hydrogens (tertiary/aromatic N) is 3. The molecule has 0 bridgehead atoms. The molecule has 18 heavy (non-hydrogen) atoms. The van der Waals surface area contributed by atoms with E-state index < -0.39 is 0 Å². The van der Waals surface area contributed by atoms with Crippen molar-refractivity contribution in [3.8, 4) is 0 Å². The van der Waals surface area contributed by atoms with Gasteiger partial charge >= 0.3 is 0 Å². The molecule has 2 rings (SSSR count). The first-order valence-electron chi connectivity index (χ1n) is 5.87. The number of carbonyl (C=O) groups excluding carboxylic acids is 2. The highest BCUT2D eigenvalue weighted by Gasteiger charge is 2.23. The standard InChI is InChI=1S/C11H16N4O3/c12-2-1-10-13-9(7-18-10)11(17)15-5-3-14(8-16)4-6-15/h7-8H,1-6,12H2. The Morgan fingerprint density at radius 2 is 2.17 bits per heavy atom. The van der Waals surface area contributed by atoms with Crippen molar-refractivity contribution >= 4 is 12.3 Å². The van der Waals surface area contributed by atoms with Gasteiger partial charge in [-0.25, -0.2) is 4.98 Å². The molecule has 1 fully saturated rings. The van der Waals surface area contributed by atoms with E-state index in [1.165, 1.54) is 6.26 Å². The van der Waals surface area contributed by atoms with E-state index in [0.29, 0.717) is 50.7 Å². The van der Waals surface area contributed by atoms with Crippen molar-refractivity contribution < 1.29 is 14.0 Å². The largest absolute Gasteiger partial charge is 0.448 e. The predicted octanol–water partition coefficient (Wildman–Crippen LogP) is -0.910. The molecule has 0 spiro atoms. The van der Waals surface area contributed by atoms with E-state index in [2.05, 4.69) is 4.98 Å². The highest BCUT2D eigenvalue weighted by molar-refractivity contribution is 5.92. The van der Waals surface area contributed by atoms with Crippen molar-refractivity contribution in [1.82, 2.24) is 14.8 Å². The van der Waals surface area contributed by atoms with Crippen molar-refractivity contribution in [3.05, 3.63) is 17.8 Å². The van der Waals surface area contributed by atoms with E-state index >= 15 is 0 Å². The molecule has 7 nitrogen and oxygen atoms in total. The summed E-state index contributed by atoms with van der Waals surface area (Å²) in [4.78, 5) is 30.1. The van der Waals surface area contributed by atoms with Crippen LogP contribution < -0.4 is 5.73 Å². The Balaban J connectivity index is 1.96. The molecule has 1 saturated heterocycles. The Hall–Kier alpha value is -1.89. The van der Waals surface area contributed by atoms with E-state index in [1.807, 2.05) is 0 Å². The summed E-state index contributed by atoms with van der Waals surface area (Å²) in [5.41, 5.74) is 5.69. The van der Waals surface area contributed by atoms with Gasteiger partial charge in [0.25, 0.3) is 5.91 Å². The average Bonchev–Trinajstić information content (AvgIpc) is 2.87. The molecule has 0 radical (unpaired) electrons. The van der Waals surface area contributed by atoms with Gasteiger partial charge in [0.15, 0.2) is 11.6 Å². The van der Waals surface area contributed by atoms with Gasteiger partial charge in [0.1, 0.15) is 6.26 Å². The zero-order valence-corrected chi connectivity index (χ0v) is 10.0. The molecule has 1 aliphatic rings. The van der Waals surface area contributed by atoms with Crippen LogP contribution in [0.1, 0.15) is 16.4 Å². The first-order valence-corrected chi connectivity index (χ1v) is 5.87. The lowest BCUT2D eigenvalue weighted by molar-refractivity contribution is -0.119. The van der Waals surface area contributed by atoms with Crippen LogP contribution in [0, 0.1) is 0 Å². The van der Waals surface area contributed by atoms with Gasteiger partial charge in [-0.1, -0.05) is 0 Å². The Morgan fingerprint density at radius 1 is 1.44 bits per heavy atom. The molecule has 1 aliphatic heterocycles. The van der Waals surface area contributed by atoms with Crippen LogP contribution in [-0.4, -0.2) is 59.8 Å². The van der Waals surface area contributed by atoms with Crippen molar-refractivity contribution in [3.63, 3.8) is 0 Å². The lowest BCUT2D eigenvalue weighted by atomic mass is 10.3. The van der Waals surface area contributed by atoms with E-state index in [-0.39, 0.29) is 5.91 Å². The first-order chi connectivity index (χ1) is 8.74. The maximum Gasteiger partial charge on any atom is 0.275 e. The minimum absolute atomic E-state index is 0.160. The monoisotopic (exact) mass is 252 g/mol. The number of piperazine rings is 1. The maximum absolute atomic E-state index is 12.1. The molecule has 1 aromatic heterocycles. The van der Waals surface area contributed by atoms with Crippen LogP contribution in [0.5, 0.6) is 0 Å². The molecule has 0 atom stereocenters. The Labute approximate surface area is 105 Å². The predicted molar refractivity (Wildman–Crippen MR) is 62.8 cm³/mol. The number of carbonyl (C=O) groups is 2. The van der Waals surface area contributed by atoms with Crippen LogP contribution in [0.4, 0.5) is 0 Å². The third-order valence-corrected chi connectivity index (χ3v) is 2.88. The van der Waals surface area contributed by atoms with Crippen molar-refractivity contribution in [2.24, 2.45) is 5.73 Å². The number of hydrogen-bond acceptors (Lipinski definition) is 5. The van der Waals surface area contributed by atoms with E-state index in [4.69, 9.17) is 10.2 Å². The lowest BCUT2D eigenvalue weighted by Gasteiger charge is -2.31. The Morgan fingerprint density at radius 3 is 2.78 bits per heavy atom. The Kier molecular flexibility index (Phi) is 3.93. The van der Waals surface area contributed by atoms with Crippen LogP contribution >= 0.6 is 0 Å². The summed E-state index contributed by atoms with van der Waals surface area (Å²) in [5, 5.41) is 0. The lowest BCUT2D eigenvalue weighted by Crippen LogP contribution is -2.48.